The maximum Gasteiger partial charge on any atom is 0.243 e. The van der Waals surface area contributed by atoms with Gasteiger partial charge < -0.3 is 5.32 Å². The lowest BCUT2D eigenvalue weighted by Crippen LogP contribution is -2.55. The van der Waals surface area contributed by atoms with Crippen molar-refractivity contribution in [3.8, 4) is 0 Å². The van der Waals surface area contributed by atoms with Crippen LogP contribution in [-0.2, 0) is 14.8 Å². The number of benzene rings is 3. The molecular formula is C26H28ClN3O3S. The van der Waals surface area contributed by atoms with Gasteiger partial charge in [-0.15, -0.1) is 0 Å². The standard InChI is InChI=1S/C26H28ClN3O3S/c1-20(26(31)28-25(21-9-4-2-5-10-21)22-11-6-3-7-12-22)29-15-17-30(18-16-29)34(32,33)24-14-8-13-23(27)19-24/h2-14,19-20,25H,15-18H2,1H3,(H,28,31). The van der Waals surface area contributed by atoms with Crippen LogP contribution in [0.15, 0.2) is 89.8 Å². The van der Waals surface area contributed by atoms with E-state index < -0.39 is 16.1 Å². The van der Waals surface area contributed by atoms with E-state index >= 15 is 0 Å². The normalized spacial score (nSPS) is 16.3. The summed E-state index contributed by atoms with van der Waals surface area (Å²) >= 11 is 5.98. The second-order valence-corrected chi connectivity index (χ2v) is 10.7. The molecule has 0 aliphatic carbocycles. The highest BCUT2D eigenvalue weighted by molar-refractivity contribution is 7.89. The van der Waals surface area contributed by atoms with E-state index in [0.29, 0.717) is 31.2 Å². The first-order valence-corrected chi connectivity index (χ1v) is 13.1. The van der Waals surface area contributed by atoms with Gasteiger partial charge in [0.05, 0.1) is 17.0 Å². The summed E-state index contributed by atoms with van der Waals surface area (Å²) in [6.45, 7) is 3.43. The maximum atomic E-state index is 13.2. The van der Waals surface area contributed by atoms with Crippen molar-refractivity contribution < 1.29 is 13.2 Å². The average Bonchev–Trinajstić information content (AvgIpc) is 2.88. The molecule has 1 unspecified atom stereocenters. The van der Waals surface area contributed by atoms with Crippen molar-refractivity contribution in [3.63, 3.8) is 0 Å². The number of carbonyl (C=O) groups excluding carboxylic acids is 1. The quantitative estimate of drug-likeness (QED) is 0.536. The molecule has 1 aliphatic rings. The summed E-state index contributed by atoms with van der Waals surface area (Å²) in [6, 6.07) is 25.4. The summed E-state index contributed by atoms with van der Waals surface area (Å²) in [5.41, 5.74) is 2.01. The molecule has 1 amide bonds. The van der Waals surface area contributed by atoms with Gasteiger partial charge in [0.15, 0.2) is 0 Å². The minimum atomic E-state index is -3.62. The fourth-order valence-corrected chi connectivity index (χ4v) is 5.91. The van der Waals surface area contributed by atoms with Crippen molar-refractivity contribution in [2.24, 2.45) is 0 Å². The van der Waals surface area contributed by atoms with Gasteiger partial charge in [0, 0.05) is 31.2 Å². The molecule has 1 saturated heterocycles. The van der Waals surface area contributed by atoms with Gasteiger partial charge in [0.1, 0.15) is 0 Å². The number of amides is 1. The molecule has 3 aromatic carbocycles. The number of carbonyl (C=O) groups is 1. The van der Waals surface area contributed by atoms with Crippen molar-refractivity contribution >= 4 is 27.5 Å². The molecule has 8 heteroatoms. The number of hydrogen-bond donors (Lipinski definition) is 1. The zero-order valence-corrected chi connectivity index (χ0v) is 20.5. The third kappa shape index (κ3) is 5.50. The number of piperazine rings is 1. The van der Waals surface area contributed by atoms with Gasteiger partial charge in [0.25, 0.3) is 0 Å². The van der Waals surface area contributed by atoms with Crippen LogP contribution in [-0.4, -0.2) is 55.8 Å². The van der Waals surface area contributed by atoms with Gasteiger partial charge in [-0.2, -0.15) is 4.31 Å². The predicted octanol–water partition coefficient (Wildman–Crippen LogP) is 3.94. The lowest BCUT2D eigenvalue weighted by Gasteiger charge is -2.37. The molecule has 0 radical (unpaired) electrons. The first-order chi connectivity index (χ1) is 16.4. The third-order valence-electron chi connectivity index (χ3n) is 6.19. The van der Waals surface area contributed by atoms with Gasteiger partial charge in [-0.05, 0) is 36.2 Å². The van der Waals surface area contributed by atoms with Crippen molar-refractivity contribution in [1.29, 1.82) is 0 Å². The van der Waals surface area contributed by atoms with Crippen molar-refractivity contribution in [1.82, 2.24) is 14.5 Å². The molecule has 6 nitrogen and oxygen atoms in total. The number of sulfonamides is 1. The maximum absolute atomic E-state index is 13.2. The van der Waals surface area contributed by atoms with E-state index in [9.17, 15) is 13.2 Å². The summed E-state index contributed by atoms with van der Waals surface area (Å²) in [4.78, 5) is 15.4. The first kappa shape index (κ1) is 24.4. The highest BCUT2D eigenvalue weighted by atomic mass is 35.5. The predicted molar refractivity (Wildman–Crippen MR) is 134 cm³/mol. The Kier molecular flexibility index (Phi) is 7.68. The highest BCUT2D eigenvalue weighted by Gasteiger charge is 2.32. The fourth-order valence-electron chi connectivity index (χ4n) is 4.19. The Hall–Kier alpha value is -2.71. The Balaban J connectivity index is 1.42. The van der Waals surface area contributed by atoms with Gasteiger partial charge in [-0.3, -0.25) is 9.69 Å². The average molecular weight is 498 g/mol. The molecule has 1 N–H and O–H groups in total. The van der Waals surface area contributed by atoms with Gasteiger partial charge >= 0.3 is 0 Å². The second kappa shape index (κ2) is 10.7. The largest absolute Gasteiger partial charge is 0.344 e. The Bertz CT molecular complexity index is 1170. The van der Waals surface area contributed by atoms with Crippen LogP contribution < -0.4 is 5.32 Å². The molecule has 1 aliphatic heterocycles. The van der Waals surface area contributed by atoms with Crippen LogP contribution in [0.1, 0.15) is 24.1 Å². The molecule has 4 rings (SSSR count). The second-order valence-electron chi connectivity index (χ2n) is 8.34. The van der Waals surface area contributed by atoms with Gasteiger partial charge in [0.2, 0.25) is 15.9 Å². The van der Waals surface area contributed by atoms with Crippen LogP contribution in [0, 0.1) is 0 Å². The van der Waals surface area contributed by atoms with Crippen LogP contribution in [0.25, 0.3) is 0 Å². The van der Waals surface area contributed by atoms with E-state index in [4.69, 9.17) is 11.6 Å². The van der Waals surface area contributed by atoms with E-state index in [1.807, 2.05) is 72.5 Å². The topological polar surface area (TPSA) is 69.7 Å². The van der Waals surface area contributed by atoms with Crippen LogP contribution in [0.4, 0.5) is 0 Å². The third-order valence-corrected chi connectivity index (χ3v) is 8.32. The van der Waals surface area contributed by atoms with E-state index in [-0.39, 0.29) is 16.8 Å². The lowest BCUT2D eigenvalue weighted by atomic mass is 9.98. The summed E-state index contributed by atoms with van der Waals surface area (Å²) in [5.74, 6) is -0.0937. The summed E-state index contributed by atoms with van der Waals surface area (Å²) in [5, 5.41) is 3.58. The lowest BCUT2D eigenvalue weighted by molar-refractivity contribution is -0.126. The minimum Gasteiger partial charge on any atom is -0.344 e. The van der Waals surface area contributed by atoms with Crippen LogP contribution in [0.2, 0.25) is 5.02 Å². The molecule has 3 aromatic rings. The zero-order chi connectivity index (χ0) is 24.1. The molecule has 0 spiro atoms. The molecule has 1 heterocycles. The molecule has 0 saturated carbocycles. The molecule has 0 aromatic heterocycles. The highest BCUT2D eigenvalue weighted by Crippen LogP contribution is 2.24. The Morgan fingerprint density at radius 1 is 0.853 bits per heavy atom. The van der Waals surface area contributed by atoms with E-state index in [1.54, 1.807) is 18.2 Å². The van der Waals surface area contributed by atoms with Gasteiger partial charge in [-0.1, -0.05) is 78.3 Å². The number of nitrogens with one attached hydrogen (secondary N) is 1. The number of nitrogens with zero attached hydrogens (tertiary/aromatic N) is 2. The molecule has 34 heavy (non-hydrogen) atoms. The Morgan fingerprint density at radius 3 is 1.94 bits per heavy atom. The smallest absolute Gasteiger partial charge is 0.243 e. The molecule has 178 valence electrons. The molecule has 1 fully saturated rings. The van der Waals surface area contributed by atoms with Crippen LogP contribution in [0.5, 0.6) is 0 Å². The SMILES string of the molecule is CC(C(=O)NC(c1ccccc1)c1ccccc1)N1CCN(S(=O)(=O)c2cccc(Cl)c2)CC1. The number of rotatable bonds is 7. The van der Waals surface area contributed by atoms with E-state index in [1.165, 1.54) is 10.4 Å². The van der Waals surface area contributed by atoms with E-state index in [2.05, 4.69) is 5.32 Å². The Labute approximate surface area is 206 Å². The van der Waals surface area contributed by atoms with Gasteiger partial charge in [-0.25, -0.2) is 8.42 Å². The summed E-state index contributed by atoms with van der Waals surface area (Å²) in [7, 11) is -3.62. The van der Waals surface area contributed by atoms with Crippen molar-refractivity contribution in [3.05, 3.63) is 101 Å². The molecule has 1 atom stereocenters. The summed E-state index contributed by atoms with van der Waals surface area (Å²) in [6.07, 6.45) is 0. The summed E-state index contributed by atoms with van der Waals surface area (Å²) < 4.78 is 27.4. The van der Waals surface area contributed by atoms with E-state index in [0.717, 1.165) is 11.1 Å². The van der Waals surface area contributed by atoms with Crippen molar-refractivity contribution in [2.75, 3.05) is 26.2 Å². The fraction of sp³-hybridized carbons (Fsp3) is 0.269. The minimum absolute atomic E-state index is 0.0937. The number of halogens is 1. The van der Waals surface area contributed by atoms with Crippen LogP contribution >= 0.6 is 11.6 Å². The number of hydrogen-bond acceptors (Lipinski definition) is 4. The Morgan fingerprint density at radius 2 is 1.41 bits per heavy atom. The zero-order valence-electron chi connectivity index (χ0n) is 19.0. The first-order valence-electron chi connectivity index (χ1n) is 11.3. The monoisotopic (exact) mass is 497 g/mol. The van der Waals surface area contributed by atoms with Crippen LogP contribution in [0.3, 0.4) is 0 Å². The molecular weight excluding hydrogens is 470 g/mol. The van der Waals surface area contributed by atoms with Crippen molar-refractivity contribution in [2.45, 2.75) is 23.9 Å². The molecule has 0 bridgehead atoms.